The molecule has 1 amide bonds. The number of benzene rings is 3. The average molecular weight is 504 g/mol. The van der Waals surface area contributed by atoms with Crippen molar-refractivity contribution in [3.05, 3.63) is 95.2 Å². The molecule has 6 nitrogen and oxygen atoms in total. The van der Waals surface area contributed by atoms with Gasteiger partial charge in [0, 0.05) is 11.1 Å². The average Bonchev–Trinajstić information content (AvgIpc) is 2.88. The number of carbonyl (C=O) groups excluding carboxylic acids is 1. The zero-order valence-corrected chi connectivity index (χ0v) is 20.5. The van der Waals surface area contributed by atoms with Gasteiger partial charge in [0.2, 0.25) is 0 Å². The summed E-state index contributed by atoms with van der Waals surface area (Å²) >= 11 is 0. The summed E-state index contributed by atoms with van der Waals surface area (Å²) in [6.07, 6.45) is 1.53. The third-order valence-corrected chi connectivity index (χ3v) is 6.31. The fourth-order valence-corrected chi connectivity index (χ4v) is 4.06. The highest BCUT2D eigenvalue weighted by Crippen LogP contribution is 2.26. The molecular formula is C29H27F2N3O3. The van der Waals surface area contributed by atoms with Crippen LogP contribution in [0, 0.1) is 17.6 Å². The van der Waals surface area contributed by atoms with Gasteiger partial charge in [-0.3, -0.25) is 9.59 Å². The number of carboxylic acids is 1. The number of amides is 1. The van der Waals surface area contributed by atoms with E-state index < -0.39 is 11.9 Å². The maximum atomic E-state index is 13.5. The minimum atomic E-state index is -0.853. The molecule has 1 aromatic heterocycles. The smallest absolute Gasteiger partial charge is 0.306 e. The Hall–Kier alpha value is -4.20. The number of nitrogens with one attached hydrogen (secondary N) is 1. The highest BCUT2D eigenvalue weighted by atomic mass is 19.1. The quantitative estimate of drug-likeness (QED) is 0.288. The first-order chi connectivity index (χ1) is 17.7. The van der Waals surface area contributed by atoms with Gasteiger partial charge in [-0.15, -0.1) is 0 Å². The first kappa shape index (κ1) is 25.9. The van der Waals surface area contributed by atoms with Crippen molar-refractivity contribution >= 4 is 22.9 Å². The van der Waals surface area contributed by atoms with Crippen molar-refractivity contribution in [2.24, 2.45) is 5.92 Å². The van der Waals surface area contributed by atoms with Gasteiger partial charge < -0.3 is 10.4 Å². The Morgan fingerprint density at radius 1 is 0.892 bits per heavy atom. The summed E-state index contributed by atoms with van der Waals surface area (Å²) in [5.41, 5.74) is 4.21. The first-order valence-corrected chi connectivity index (χ1v) is 12.1. The Morgan fingerprint density at radius 3 is 2.19 bits per heavy atom. The van der Waals surface area contributed by atoms with Gasteiger partial charge in [0.15, 0.2) is 0 Å². The van der Waals surface area contributed by atoms with Gasteiger partial charge in [-0.05, 0) is 86.3 Å². The van der Waals surface area contributed by atoms with E-state index in [1.54, 1.807) is 49.4 Å². The summed E-state index contributed by atoms with van der Waals surface area (Å²) < 4.78 is 26.7. The van der Waals surface area contributed by atoms with Crippen LogP contribution in [-0.2, 0) is 11.2 Å². The number of hydrogen-bond donors (Lipinski definition) is 2. The van der Waals surface area contributed by atoms with E-state index in [1.165, 1.54) is 24.3 Å². The molecule has 0 aliphatic carbocycles. The van der Waals surface area contributed by atoms with Crippen LogP contribution in [0.25, 0.3) is 22.3 Å². The lowest BCUT2D eigenvalue weighted by molar-refractivity contribution is -0.141. The van der Waals surface area contributed by atoms with Crippen LogP contribution in [0.3, 0.4) is 0 Å². The number of nitrogens with zero attached hydrogens (tertiary/aromatic N) is 2. The summed E-state index contributed by atoms with van der Waals surface area (Å²) in [6, 6.07) is 16.6. The molecule has 0 fully saturated rings. The minimum absolute atomic E-state index is 0.306. The van der Waals surface area contributed by atoms with Gasteiger partial charge in [-0.2, -0.15) is 0 Å². The van der Waals surface area contributed by atoms with Crippen LogP contribution in [0.2, 0.25) is 0 Å². The number of halogens is 2. The predicted molar refractivity (Wildman–Crippen MR) is 137 cm³/mol. The van der Waals surface area contributed by atoms with Crippen molar-refractivity contribution in [1.82, 2.24) is 15.3 Å². The van der Waals surface area contributed by atoms with Crippen molar-refractivity contribution < 1.29 is 23.5 Å². The molecule has 0 saturated heterocycles. The number of rotatable bonds is 9. The Kier molecular flexibility index (Phi) is 7.86. The molecule has 190 valence electrons. The van der Waals surface area contributed by atoms with Crippen LogP contribution in [-0.4, -0.2) is 27.0 Å². The summed E-state index contributed by atoms with van der Waals surface area (Å²) in [4.78, 5) is 33.7. The monoisotopic (exact) mass is 503 g/mol. The van der Waals surface area contributed by atoms with Gasteiger partial charge in [-0.1, -0.05) is 19.1 Å². The molecule has 1 unspecified atom stereocenters. The molecule has 2 atom stereocenters. The predicted octanol–water partition coefficient (Wildman–Crippen LogP) is 6.11. The lowest BCUT2D eigenvalue weighted by Crippen LogP contribution is -2.26. The van der Waals surface area contributed by atoms with Gasteiger partial charge in [0.05, 0.1) is 34.4 Å². The number of fused-ring (bicyclic) bond motifs is 1. The van der Waals surface area contributed by atoms with Crippen molar-refractivity contribution in [1.29, 1.82) is 0 Å². The Balaban J connectivity index is 1.63. The highest BCUT2D eigenvalue weighted by molar-refractivity contribution is 5.97. The molecule has 0 aliphatic heterocycles. The second-order valence-corrected chi connectivity index (χ2v) is 9.11. The fourth-order valence-electron chi connectivity index (χ4n) is 4.06. The fraction of sp³-hybridized carbons (Fsp3) is 0.241. The van der Waals surface area contributed by atoms with Gasteiger partial charge in [0.25, 0.3) is 5.91 Å². The van der Waals surface area contributed by atoms with E-state index in [-0.39, 0.29) is 23.6 Å². The van der Waals surface area contributed by atoms with Gasteiger partial charge >= 0.3 is 5.97 Å². The van der Waals surface area contributed by atoms with Crippen molar-refractivity contribution in [2.45, 2.75) is 39.2 Å². The van der Waals surface area contributed by atoms with Crippen LogP contribution >= 0.6 is 0 Å². The largest absolute Gasteiger partial charge is 0.481 e. The van der Waals surface area contributed by atoms with Crippen LogP contribution in [0.15, 0.2) is 66.7 Å². The maximum Gasteiger partial charge on any atom is 0.306 e. The third kappa shape index (κ3) is 6.33. The van der Waals surface area contributed by atoms with Crippen LogP contribution < -0.4 is 5.32 Å². The highest BCUT2D eigenvalue weighted by Gasteiger charge is 2.17. The molecule has 0 spiro atoms. The van der Waals surface area contributed by atoms with E-state index in [9.17, 15) is 23.5 Å². The normalized spacial score (nSPS) is 12.8. The van der Waals surface area contributed by atoms with E-state index in [4.69, 9.17) is 9.97 Å². The van der Waals surface area contributed by atoms with E-state index in [2.05, 4.69) is 5.32 Å². The molecule has 0 radical (unpaired) electrons. The van der Waals surface area contributed by atoms with Gasteiger partial charge in [-0.25, -0.2) is 18.7 Å². The number of carboxylic acid groups (broad SMARTS) is 1. The molecule has 4 aromatic rings. The summed E-state index contributed by atoms with van der Waals surface area (Å²) in [6.45, 7) is 3.48. The topological polar surface area (TPSA) is 92.2 Å². The number of carbonyl (C=O) groups is 2. The molecule has 2 N–H and O–H groups in total. The molecule has 0 aliphatic rings. The second-order valence-electron chi connectivity index (χ2n) is 9.11. The summed E-state index contributed by atoms with van der Waals surface area (Å²) in [5, 5.41) is 12.1. The van der Waals surface area contributed by atoms with E-state index in [1.807, 2.05) is 6.92 Å². The van der Waals surface area contributed by atoms with Gasteiger partial charge in [0.1, 0.15) is 11.6 Å². The van der Waals surface area contributed by atoms with Crippen LogP contribution in [0.1, 0.15) is 54.3 Å². The zero-order chi connectivity index (χ0) is 26.5. The lowest BCUT2D eigenvalue weighted by Gasteiger charge is -2.15. The molecule has 0 saturated carbocycles. The van der Waals surface area contributed by atoms with E-state index >= 15 is 0 Å². The molecule has 37 heavy (non-hydrogen) atoms. The number of aliphatic carboxylic acids is 1. The Bertz CT molecular complexity index is 1420. The maximum absolute atomic E-state index is 13.5. The molecular weight excluding hydrogens is 476 g/mol. The SMILES string of the molecule is CC(CCCc1nc2cc(C(=O)N[C@H](C)c3ccc(F)cc3)ccc2nc1-c1ccc(F)cc1)C(=O)O. The van der Waals surface area contributed by atoms with E-state index in [0.29, 0.717) is 52.8 Å². The van der Waals surface area contributed by atoms with Crippen molar-refractivity contribution in [2.75, 3.05) is 0 Å². The first-order valence-electron chi connectivity index (χ1n) is 12.1. The number of hydrogen-bond acceptors (Lipinski definition) is 4. The number of aromatic nitrogens is 2. The molecule has 8 heteroatoms. The van der Waals surface area contributed by atoms with Crippen molar-refractivity contribution in [3.63, 3.8) is 0 Å². The lowest BCUT2D eigenvalue weighted by atomic mass is 10.0. The standard InChI is InChI=1S/C29H27F2N3O3/c1-17(29(36)37)4-3-5-25-27(20-8-13-23(31)14-9-20)34-24-15-10-21(16-26(24)33-25)28(35)32-18(2)19-6-11-22(30)12-7-19/h6-18H,3-5H2,1-2H3,(H,32,35)(H,36,37)/t17?,18-/m1/s1. The third-order valence-electron chi connectivity index (χ3n) is 6.31. The molecule has 4 rings (SSSR count). The van der Waals surface area contributed by atoms with E-state index in [0.717, 1.165) is 5.56 Å². The molecule has 1 heterocycles. The minimum Gasteiger partial charge on any atom is -0.481 e. The van der Waals surface area contributed by atoms with Crippen LogP contribution in [0.5, 0.6) is 0 Å². The second kappa shape index (κ2) is 11.2. The van der Waals surface area contributed by atoms with Crippen LogP contribution in [0.4, 0.5) is 8.78 Å². The summed E-state index contributed by atoms with van der Waals surface area (Å²) in [5.74, 6) is -2.35. The Labute approximate surface area is 213 Å². The summed E-state index contributed by atoms with van der Waals surface area (Å²) in [7, 11) is 0. The van der Waals surface area contributed by atoms with Crippen molar-refractivity contribution in [3.8, 4) is 11.3 Å². The zero-order valence-electron chi connectivity index (χ0n) is 20.5. The molecule has 0 bridgehead atoms. The molecule has 3 aromatic carbocycles. The Morgan fingerprint density at radius 2 is 1.54 bits per heavy atom. The number of aryl methyl sites for hydroxylation is 1.